The Balaban J connectivity index is 1.51. The molecule has 0 spiro atoms. The lowest BCUT2D eigenvalue weighted by Crippen LogP contribution is -2.23. The molecule has 0 atom stereocenters. The Morgan fingerprint density at radius 2 is 1.91 bits per heavy atom. The molecule has 2 aromatic heterocycles. The summed E-state index contributed by atoms with van der Waals surface area (Å²) in [4.78, 5) is 12.4. The van der Waals surface area contributed by atoms with Gasteiger partial charge in [-0.3, -0.25) is 9.89 Å². The van der Waals surface area contributed by atoms with Crippen LogP contribution in [0.3, 0.4) is 0 Å². The first-order valence-corrected chi connectivity index (χ1v) is 10.9. The van der Waals surface area contributed by atoms with Crippen molar-refractivity contribution >= 4 is 16.6 Å². The fourth-order valence-corrected chi connectivity index (χ4v) is 4.47. The average Bonchev–Trinajstić information content (AvgIpc) is 3.34. The minimum absolute atomic E-state index is 0.119. The predicted octanol–water partition coefficient (Wildman–Crippen LogP) is 3.20. The predicted molar refractivity (Wildman–Crippen MR) is 129 cm³/mol. The highest BCUT2D eigenvalue weighted by Gasteiger charge is 2.17. The summed E-state index contributed by atoms with van der Waals surface area (Å²) in [6, 6.07) is 10.5. The molecule has 33 heavy (non-hydrogen) atoms. The van der Waals surface area contributed by atoms with E-state index in [4.69, 9.17) is 9.47 Å². The van der Waals surface area contributed by atoms with Crippen LogP contribution in [-0.2, 0) is 26.6 Å². The number of rotatable bonds is 6. The molecule has 3 N–H and O–H groups in total. The number of fused-ring (bicyclic) bond motifs is 2. The number of nitrogens with one attached hydrogen (secondary N) is 3. The van der Waals surface area contributed by atoms with Gasteiger partial charge in [-0.1, -0.05) is 6.07 Å². The van der Waals surface area contributed by atoms with Gasteiger partial charge in [0, 0.05) is 43.0 Å². The zero-order valence-corrected chi connectivity index (χ0v) is 19.0. The molecule has 170 valence electrons. The maximum absolute atomic E-state index is 12.4. The third-order valence-electron chi connectivity index (χ3n) is 6.27. The first kappa shape index (κ1) is 21.1. The van der Waals surface area contributed by atoms with E-state index in [1.165, 1.54) is 11.1 Å². The molecule has 0 saturated carbocycles. The van der Waals surface area contributed by atoms with Crippen LogP contribution in [0.25, 0.3) is 22.0 Å². The van der Waals surface area contributed by atoms with Crippen LogP contribution in [0.5, 0.6) is 11.5 Å². The van der Waals surface area contributed by atoms with E-state index in [-0.39, 0.29) is 5.56 Å². The Hall–Kier alpha value is -3.78. The highest BCUT2D eigenvalue weighted by molar-refractivity contribution is 5.94. The summed E-state index contributed by atoms with van der Waals surface area (Å²) in [6.07, 6.45) is 4.52. The van der Waals surface area contributed by atoms with Crippen LogP contribution in [0, 0.1) is 0 Å². The van der Waals surface area contributed by atoms with Gasteiger partial charge in [-0.25, -0.2) is 0 Å². The van der Waals surface area contributed by atoms with Crippen molar-refractivity contribution in [2.24, 2.45) is 7.05 Å². The van der Waals surface area contributed by atoms with E-state index in [0.29, 0.717) is 23.6 Å². The second-order valence-electron chi connectivity index (χ2n) is 8.24. The molecule has 8 nitrogen and oxygen atoms in total. The highest BCUT2D eigenvalue weighted by Crippen LogP contribution is 2.37. The lowest BCUT2D eigenvalue weighted by Gasteiger charge is -2.20. The van der Waals surface area contributed by atoms with Crippen LogP contribution in [0.2, 0.25) is 0 Å². The Bertz CT molecular complexity index is 1360. The van der Waals surface area contributed by atoms with Crippen molar-refractivity contribution in [3.8, 4) is 22.6 Å². The van der Waals surface area contributed by atoms with Crippen LogP contribution in [0.1, 0.15) is 16.7 Å². The van der Waals surface area contributed by atoms with Crippen molar-refractivity contribution in [3.05, 3.63) is 69.8 Å². The quantitative estimate of drug-likeness (QED) is 0.422. The smallest absolute Gasteiger partial charge is 0.276 e. The van der Waals surface area contributed by atoms with E-state index in [9.17, 15) is 4.79 Å². The molecule has 0 amide bonds. The van der Waals surface area contributed by atoms with Gasteiger partial charge in [0.2, 0.25) is 0 Å². The molecule has 1 aliphatic rings. The first-order chi connectivity index (χ1) is 16.1. The number of pyridine rings is 1. The molecular formula is C25H27N5O3. The Kier molecular flexibility index (Phi) is 5.51. The molecule has 8 heteroatoms. The second-order valence-corrected chi connectivity index (χ2v) is 8.24. The number of benzene rings is 2. The number of nitrogens with zero attached hydrogens (tertiary/aromatic N) is 2. The van der Waals surface area contributed by atoms with Gasteiger partial charge in [0.25, 0.3) is 5.56 Å². The van der Waals surface area contributed by atoms with Crippen molar-refractivity contribution in [1.82, 2.24) is 20.1 Å². The molecule has 0 bridgehead atoms. The van der Waals surface area contributed by atoms with E-state index in [0.717, 1.165) is 47.3 Å². The summed E-state index contributed by atoms with van der Waals surface area (Å²) in [5.41, 5.74) is 6.85. The maximum atomic E-state index is 12.4. The average molecular weight is 446 g/mol. The summed E-state index contributed by atoms with van der Waals surface area (Å²) in [5, 5.41) is 14.6. The molecule has 0 fully saturated rings. The minimum atomic E-state index is -0.119. The van der Waals surface area contributed by atoms with Crippen LogP contribution in [0.4, 0.5) is 5.69 Å². The van der Waals surface area contributed by atoms with Crippen LogP contribution in [-0.4, -0.2) is 35.5 Å². The fourth-order valence-electron chi connectivity index (χ4n) is 4.47. The van der Waals surface area contributed by atoms with Gasteiger partial charge in [-0.05, 0) is 53.9 Å². The first-order valence-electron chi connectivity index (χ1n) is 10.9. The topological polar surface area (TPSA) is 93.2 Å². The summed E-state index contributed by atoms with van der Waals surface area (Å²) >= 11 is 0. The molecular weight excluding hydrogens is 418 g/mol. The zero-order valence-electron chi connectivity index (χ0n) is 19.0. The van der Waals surface area contributed by atoms with E-state index in [2.05, 4.69) is 39.0 Å². The van der Waals surface area contributed by atoms with Crippen molar-refractivity contribution in [2.45, 2.75) is 19.5 Å². The van der Waals surface area contributed by atoms with Crippen LogP contribution < -0.4 is 25.7 Å². The number of hydrogen-bond donors (Lipinski definition) is 3. The normalized spacial score (nSPS) is 13.1. The molecule has 3 heterocycles. The zero-order chi connectivity index (χ0) is 22.9. The third kappa shape index (κ3) is 3.82. The number of aryl methyl sites for hydroxylation is 1. The molecule has 0 radical (unpaired) electrons. The number of aromatic amines is 1. The highest BCUT2D eigenvalue weighted by atomic mass is 16.5. The Morgan fingerprint density at radius 1 is 1.12 bits per heavy atom. The minimum Gasteiger partial charge on any atom is -0.496 e. The number of hydrogen-bond acceptors (Lipinski definition) is 6. The lowest BCUT2D eigenvalue weighted by atomic mass is 9.99. The third-order valence-corrected chi connectivity index (χ3v) is 6.27. The molecule has 5 rings (SSSR count). The summed E-state index contributed by atoms with van der Waals surface area (Å²) in [6.45, 7) is 2.49. The van der Waals surface area contributed by atoms with Gasteiger partial charge in [-0.2, -0.15) is 5.10 Å². The van der Waals surface area contributed by atoms with Gasteiger partial charge in [0.15, 0.2) is 0 Å². The maximum Gasteiger partial charge on any atom is 0.276 e. The fraction of sp³-hybridized carbons (Fsp3) is 0.280. The van der Waals surface area contributed by atoms with E-state index >= 15 is 0 Å². The largest absolute Gasteiger partial charge is 0.496 e. The summed E-state index contributed by atoms with van der Waals surface area (Å²) < 4.78 is 13.1. The van der Waals surface area contributed by atoms with Gasteiger partial charge in [0.1, 0.15) is 17.0 Å². The monoisotopic (exact) mass is 445 g/mol. The molecule has 0 saturated heterocycles. The molecule has 2 aromatic carbocycles. The summed E-state index contributed by atoms with van der Waals surface area (Å²) in [5.74, 6) is 1.43. The van der Waals surface area contributed by atoms with Gasteiger partial charge < -0.3 is 24.7 Å². The standard InChI is InChI=1S/C25H27N5O3/c1-30-14-21(19-13-28-29-24(19)25(30)31)17-9-22(32-2)20(23(10-17)33-3)12-27-18-5-4-16-11-26-7-6-15(16)8-18/h4-5,8-10,13-14,26-27H,6-7,11-12H2,1-3H3,(H,28,29). The van der Waals surface area contributed by atoms with Crippen LogP contribution in [0.15, 0.2) is 47.5 Å². The van der Waals surface area contributed by atoms with Crippen molar-refractivity contribution in [2.75, 3.05) is 26.1 Å². The van der Waals surface area contributed by atoms with E-state index < -0.39 is 0 Å². The number of anilines is 1. The van der Waals surface area contributed by atoms with E-state index in [1.807, 2.05) is 18.3 Å². The van der Waals surface area contributed by atoms with Crippen LogP contribution >= 0.6 is 0 Å². The number of aromatic nitrogens is 3. The molecule has 0 aliphatic carbocycles. The van der Waals surface area contributed by atoms with Gasteiger partial charge in [-0.15, -0.1) is 0 Å². The number of H-pyrrole nitrogens is 1. The van der Waals surface area contributed by atoms with Crippen molar-refractivity contribution < 1.29 is 9.47 Å². The number of ether oxygens (including phenoxy) is 2. The van der Waals surface area contributed by atoms with E-state index in [1.54, 1.807) is 32.0 Å². The Labute approximate surface area is 191 Å². The SMILES string of the molecule is COc1cc(-c2cn(C)c(=O)c3[nH]ncc23)cc(OC)c1CNc1ccc2c(c1)CCNC2. The van der Waals surface area contributed by atoms with Gasteiger partial charge in [0.05, 0.1) is 26.0 Å². The molecule has 4 aromatic rings. The van der Waals surface area contributed by atoms with Crippen molar-refractivity contribution in [3.63, 3.8) is 0 Å². The summed E-state index contributed by atoms with van der Waals surface area (Å²) in [7, 11) is 5.04. The van der Waals surface area contributed by atoms with Gasteiger partial charge >= 0.3 is 0 Å². The molecule has 0 unspecified atom stereocenters. The lowest BCUT2D eigenvalue weighted by molar-refractivity contribution is 0.387. The van der Waals surface area contributed by atoms with Crippen molar-refractivity contribution in [1.29, 1.82) is 0 Å². The molecule has 1 aliphatic heterocycles. The Morgan fingerprint density at radius 3 is 2.67 bits per heavy atom. The number of methoxy groups -OCH3 is 2. The second kappa shape index (κ2) is 8.63.